The Morgan fingerprint density at radius 2 is 1.83 bits per heavy atom. The molecule has 2 aromatic carbocycles. The summed E-state index contributed by atoms with van der Waals surface area (Å²) in [5.41, 5.74) is 0.343. The molecule has 3 N–H and O–H groups in total. The summed E-state index contributed by atoms with van der Waals surface area (Å²) < 4.78 is 19.2. The molecule has 0 heterocycles. The van der Waals surface area contributed by atoms with Gasteiger partial charge in [0.15, 0.2) is 0 Å². The molecule has 7 nitrogen and oxygen atoms in total. The average molecular weight is 412 g/mol. The summed E-state index contributed by atoms with van der Waals surface area (Å²) >= 11 is 0. The Hall–Kier alpha value is -3.60. The molecule has 8 heteroatoms. The molecule has 0 aliphatic heterocycles. The summed E-state index contributed by atoms with van der Waals surface area (Å²) in [6.07, 6.45) is -0.0342. The van der Waals surface area contributed by atoms with Gasteiger partial charge in [-0.15, -0.1) is 0 Å². The maximum Gasteiger partial charge on any atom is 0.407 e. The lowest BCUT2D eigenvalue weighted by molar-refractivity contribution is -0.116. The van der Waals surface area contributed by atoms with Crippen LogP contribution in [0.1, 0.15) is 39.2 Å². The van der Waals surface area contributed by atoms with Crippen LogP contribution in [0.15, 0.2) is 42.5 Å². The minimum absolute atomic E-state index is 0.125. The van der Waals surface area contributed by atoms with E-state index in [2.05, 4.69) is 16.0 Å². The van der Waals surface area contributed by atoms with Crippen molar-refractivity contribution in [2.75, 3.05) is 17.2 Å². The number of amides is 2. The topological polar surface area (TPSA) is 103 Å². The molecule has 0 spiro atoms. The molecule has 0 bridgehead atoms. The third-order valence-corrected chi connectivity index (χ3v) is 3.83. The lowest BCUT2D eigenvalue weighted by Gasteiger charge is -2.19. The number of benzene rings is 2. The lowest BCUT2D eigenvalue weighted by Crippen LogP contribution is -2.33. The van der Waals surface area contributed by atoms with Crippen LogP contribution in [-0.2, 0) is 9.53 Å². The Morgan fingerprint density at radius 1 is 1.13 bits per heavy atom. The van der Waals surface area contributed by atoms with Gasteiger partial charge < -0.3 is 20.7 Å². The van der Waals surface area contributed by atoms with E-state index < -0.39 is 17.5 Å². The van der Waals surface area contributed by atoms with E-state index >= 15 is 0 Å². The van der Waals surface area contributed by atoms with E-state index in [0.29, 0.717) is 17.8 Å². The number of alkyl carbamates (subject to hydrolysis) is 1. The van der Waals surface area contributed by atoms with Gasteiger partial charge in [-0.2, -0.15) is 5.26 Å². The van der Waals surface area contributed by atoms with Crippen molar-refractivity contribution < 1.29 is 18.7 Å². The van der Waals surface area contributed by atoms with E-state index in [1.807, 2.05) is 12.1 Å². The second kappa shape index (κ2) is 10.3. The first-order chi connectivity index (χ1) is 14.2. The maximum atomic E-state index is 14.1. The number of para-hydroxylation sites is 1. The molecule has 0 unspecified atom stereocenters. The third-order valence-electron chi connectivity index (χ3n) is 3.83. The van der Waals surface area contributed by atoms with E-state index in [4.69, 9.17) is 4.74 Å². The highest BCUT2D eigenvalue weighted by molar-refractivity contribution is 5.96. The standard InChI is InChI=1S/C22H25FN4O3/c1-22(2,3)30-21(29)25-13-7-10-19(28)27-18-12-11-17(23)16(14-24)20(18)26-15-8-5-4-6-9-15/h4-6,8-9,11-12,26H,7,10,13H2,1-3H3,(H,25,29)(H,27,28). The highest BCUT2D eigenvalue weighted by atomic mass is 19.1. The van der Waals surface area contributed by atoms with Gasteiger partial charge in [0, 0.05) is 18.7 Å². The van der Waals surface area contributed by atoms with Gasteiger partial charge in [0.05, 0.1) is 11.4 Å². The summed E-state index contributed by atoms with van der Waals surface area (Å²) in [5, 5.41) is 17.6. The molecular weight excluding hydrogens is 387 g/mol. The molecule has 0 saturated carbocycles. The van der Waals surface area contributed by atoms with Crippen molar-refractivity contribution in [1.82, 2.24) is 5.32 Å². The SMILES string of the molecule is CC(C)(C)OC(=O)NCCCC(=O)Nc1ccc(F)c(C#N)c1Nc1ccccc1. The van der Waals surface area contributed by atoms with Gasteiger partial charge in [0.25, 0.3) is 0 Å². The fourth-order valence-electron chi connectivity index (χ4n) is 2.55. The molecule has 0 aliphatic rings. The van der Waals surface area contributed by atoms with Crippen LogP contribution >= 0.6 is 0 Å². The summed E-state index contributed by atoms with van der Waals surface area (Å²) in [5.74, 6) is -1.01. The summed E-state index contributed by atoms with van der Waals surface area (Å²) in [7, 11) is 0. The molecule has 2 aromatic rings. The first-order valence-electron chi connectivity index (χ1n) is 9.51. The molecule has 2 rings (SSSR count). The van der Waals surface area contributed by atoms with Crippen molar-refractivity contribution in [3.8, 4) is 6.07 Å². The quantitative estimate of drug-likeness (QED) is 0.573. The van der Waals surface area contributed by atoms with E-state index in [0.717, 1.165) is 6.07 Å². The minimum Gasteiger partial charge on any atom is -0.444 e. The Bertz CT molecular complexity index is 934. The van der Waals surface area contributed by atoms with Crippen molar-refractivity contribution in [1.29, 1.82) is 5.26 Å². The van der Waals surface area contributed by atoms with E-state index in [9.17, 15) is 19.2 Å². The predicted molar refractivity (Wildman–Crippen MR) is 113 cm³/mol. The predicted octanol–water partition coefficient (Wildman–Crippen LogP) is 4.68. The Labute approximate surface area is 175 Å². The molecule has 0 radical (unpaired) electrons. The zero-order valence-corrected chi connectivity index (χ0v) is 17.2. The van der Waals surface area contributed by atoms with Gasteiger partial charge in [-0.1, -0.05) is 18.2 Å². The van der Waals surface area contributed by atoms with Crippen LogP contribution in [0.3, 0.4) is 0 Å². The third kappa shape index (κ3) is 7.09. The zero-order chi connectivity index (χ0) is 22.1. The van der Waals surface area contributed by atoms with Crippen molar-refractivity contribution in [2.24, 2.45) is 0 Å². The van der Waals surface area contributed by atoms with Crippen LogP contribution in [0.4, 0.5) is 26.2 Å². The number of rotatable bonds is 7. The molecule has 30 heavy (non-hydrogen) atoms. The van der Waals surface area contributed by atoms with Gasteiger partial charge in [0.1, 0.15) is 23.1 Å². The van der Waals surface area contributed by atoms with Crippen LogP contribution < -0.4 is 16.0 Å². The van der Waals surface area contributed by atoms with Crippen LogP contribution in [0.2, 0.25) is 0 Å². The van der Waals surface area contributed by atoms with Crippen molar-refractivity contribution in [3.63, 3.8) is 0 Å². The second-order valence-electron chi connectivity index (χ2n) is 7.53. The van der Waals surface area contributed by atoms with Gasteiger partial charge in [-0.25, -0.2) is 9.18 Å². The molecule has 0 saturated heterocycles. The molecule has 0 aromatic heterocycles. The minimum atomic E-state index is -0.685. The number of carbonyl (C=O) groups excluding carboxylic acids is 2. The Morgan fingerprint density at radius 3 is 2.47 bits per heavy atom. The van der Waals surface area contributed by atoms with Crippen LogP contribution in [0.25, 0.3) is 0 Å². The largest absolute Gasteiger partial charge is 0.444 e. The first-order valence-corrected chi connectivity index (χ1v) is 9.51. The van der Waals surface area contributed by atoms with Gasteiger partial charge in [0.2, 0.25) is 5.91 Å². The number of halogens is 1. The number of ether oxygens (including phenoxy) is 1. The highest BCUT2D eigenvalue weighted by Gasteiger charge is 2.17. The van der Waals surface area contributed by atoms with E-state index in [1.165, 1.54) is 6.07 Å². The highest BCUT2D eigenvalue weighted by Crippen LogP contribution is 2.31. The molecule has 2 amide bonds. The number of nitriles is 1. The van der Waals surface area contributed by atoms with Gasteiger partial charge in [-0.05, 0) is 51.5 Å². The fourth-order valence-corrected chi connectivity index (χ4v) is 2.55. The van der Waals surface area contributed by atoms with E-state index in [-0.39, 0.29) is 30.1 Å². The molecule has 0 fully saturated rings. The van der Waals surface area contributed by atoms with Crippen LogP contribution in [-0.4, -0.2) is 24.1 Å². The molecular formula is C22H25FN4O3. The van der Waals surface area contributed by atoms with E-state index in [1.54, 1.807) is 45.0 Å². The van der Waals surface area contributed by atoms with Gasteiger partial charge in [-0.3, -0.25) is 4.79 Å². The number of hydrogen-bond donors (Lipinski definition) is 3. The number of hydrogen-bond acceptors (Lipinski definition) is 5. The lowest BCUT2D eigenvalue weighted by atomic mass is 10.1. The van der Waals surface area contributed by atoms with Crippen molar-refractivity contribution in [3.05, 3.63) is 53.8 Å². The van der Waals surface area contributed by atoms with Crippen LogP contribution in [0, 0.1) is 17.1 Å². The average Bonchev–Trinajstić information content (AvgIpc) is 2.67. The number of anilines is 3. The Balaban J connectivity index is 1.99. The molecule has 158 valence electrons. The zero-order valence-electron chi connectivity index (χ0n) is 17.2. The molecule has 0 aliphatic carbocycles. The number of carbonyl (C=O) groups is 2. The number of nitrogens with one attached hydrogen (secondary N) is 3. The van der Waals surface area contributed by atoms with Crippen molar-refractivity contribution >= 4 is 29.1 Å². The molecule has 0 atom stereocenters. The summed E-state index contributed by atoms with van der Waals surface area (Å²) in [4.78, 5) is 23.9. The Kier molecular flexibility index (Phi) is 7.76. The monoisotopic (exact) mass is 412 g/mol. The summed E-state index contributed by atoms with van der Waals surface area (Å²) in [6.45, 7) is 5.56. The first kappa shape index (κ1) is 22.7. The van der Waals surface area contributed by atoms with Crippen molar-refractivity contribution in [2.45, 2.75) is 39.2 Å². The fraction of sp³-hybridized carbons (Fsp3) is 0.318. The number of nitrogens with zero attached hydrogens (tertiary/aromatic N) is 1. The van der Waals surface area contributed by atoms with Gasteiger partial charge >= 0.3 is 6.09 Å². The maximum absolute atomic E-state index is 14.1. The normalized spacial score (nSPS) is 10.6. The smallest absolute Gasteiger partial charge is 0.407 e. The van der Waals surface area contributed by atoms with Crippen LogP contribution in [0.5, 0.6) is 0 Å². The second-order valence-corrected chi connectivity index (χ2v) is 7.53. The summed E-state index contributed by atoms with van der Waals surface area (Å²) in [6, 6.07) is 13.3.